The Bertz CT molecular complexity index is 727. The summed E-state index contributed by atoms with van der Waals surface area (Å²) in [6.07, 6.45) is 0. The van der Waals surface area contributed by atoms with Crippen molar-refractivity contribution in [1.82, 2.24) is 5.32 Å². The molecule has 0 saturated heterocycles. The quantitative estimate of drug-likeness (QED) is 0.845. The number of rotatable bonds is 5. The minimum absolute atomic E-state index is 0.0179. The van der Waals surface area contributed by atoms with Crippen LogP contribution in [0.1, 0.15) is 56.0 Å². The molecule has 1 atom stereocenters. The Morgan fingerprint density at radius 2 is 1.68 bits per heavy atom. The van der Waals surface area contributed by atoms with Crippen LogP contribution in [0.5, 0.6) is 5.75 Å². The van der Waals surface area contributed by atoms with E-state index in [0.717, 1.165) is 5.56 Å². The first kappa shape index (κ1) is 19.0. The van der Waals surface area contributed by atoms with Crippen LogP contribution in [-0.4, -0.2) is 12.5 Å². The monoisotopic (exact) mass is 339 g/mol. The molecule has 3 heteroatoms. The summed E-state index contributed by atoms with van der Waals surface area (Å²) in [6.45, 7) is 12.7. The predicted molar refractivity (Wildman–Crippen MR) is 103 cm³/mol. The third-order valence-electron chi connectivity index (χ3n) is 4.50. The second kappa shape index (κ2) is 7.73. The average molecular weight is 339 g/mol. The molecule has 0 spiro atoms. The number of carbonyl (C=O) groups excluding carboxylic acids is 1. The molecule has 0 aliphatic carbocycles. The minimum atomic E-state index is -0.120. The van der Waals surface area contributed by atoms with E-state index in [0.29, 0.717) is 5.75 Å². The van der Waals surface area contributed by atoms with Gasteiger partial charge in [0.1, 0.15) is 5.75 Å². The van der Waals surface area contributed by atoms with Crippen molar-refractivity contribution in [1.29, 1.82) is 0 Å². The molecule has 1 amide bonds. The normalized spacial score (nSPS) is 12.6. The van der Waals surface area contributed by atoms with Crippen molar-refractivity contribution in [2.45, 2.75) is 53.0 Å². The molecule has 1 N–H and O–H groups in total. The molecule has 3 nitrogen and oxygen atoms in total. The molecule has 0 radical (unpaired) electrons. The molecule has 2 rings (SSSR count). The van der Waals surface area contributed by atoms with Gasteiger partial charge in [-0.15, -0.1) is 0 Å². The van der Waals surface area contributed by atoms with Crippen LogP contribution in [0.15, 0.2) is 42.5 Å². The van der Waals surface area contributed by atoms with E-state index in [1.54, 1.807) is 0 Å². The van der Waals surface area contributed by atoms with Crippen molar-refractivity contribution < 1.29 is 9.53 Å². The van der Waals surface area contributed by atoms with Crippen molar-refractivity contribution in [3.63, 3.8) is 0 Å². The lowest BCUT2D eigenvalue weighted by molar-refractivity contribution is -0.123. The Balaban J connectivity index is 1.88. The fourth-order valence-electron chi connectivity index (χ4n) is 2.60. The van der Waals surface area contributed by atoms with Crippen LogP contribution in [0, 0.1) is 13.8 Å². The summed E-state index contributed by atoms with van der Waals surface area (Å²) in [5.41, 5.74) is 4.94. The van der Waals surface area contributed by atoms with Crippen LogP contribution < -0.4 is 10.1 Å². The molecule has 0 bridgehead atoms. The molecule has 2 aromatic carbocycles. The number of hydrogen-bond donors (Lipinski definition) is 1. The second-order valence-electron chi connectivity index (χ2n) is 7.70. The van der Waals surface area contributed by atoms with Crippen molar-refractivity contribution in [3.8, 4) is 5.75 Å². The maximum Gasteiger partial charge on any atom is 0.258 e. The summed E-state index contributed by atoms with van der Waals surface area (Å²) >= 11 is 0. The molecule has 25 heavy (non-hydrogen) atoms. The Morgan fingerprint density at radius 1 is 1.04 bits per heavy atom. The summed E-state index contributed by atoms with van der Waals surface area (Å²) in [5, 5.41) is 2.98. The Labute approximate surface area is 151 Å². The third kappa shape index (κ3) is 5.35. The Hall–Kier alpha value is -2.29. The van der Waals surface area contributed by atoms with Crippen LogP contribution in [0.4, 0.5) is 0 Å². The molecule has 0 saturated carbocycles. The SMILES string of the molecule is Cc1ccc([C@H](C)NC(=O)COc2ccc(C(C)(C)C)cc2)cc1C. The fourth-order valence-corrected chi connectivity index (χ4v) is 2.60. The van der Waals surface area contributed by atoms with E-state index in [1.807, 2.05) is 31.2 Å². The number of aryl methyl sites for hydroxylation is 2. The van der Waals surface area contributed by atoms with Crippen molar-refractivity contribution in [2.24, 2.45) is 0 Å². The highest BCUT2D eigenvalue weighted by Gasteiger charge is 2.14. The maximum absolute atomic E-state index is 12.1. The fraction of sp³-hybridized carbons (Fsp3) is 0.409. The molecule has 2 aromatic rings. The van der Waals surface area contributed by atoms with E-state index in [4.69, 9.17) is 4.74 Å². The number of ether oxygens (including phenoxy) is 1. The first-order valence-electron chi connectivity index (χ1n) is 8.76. The topological polar surface area (TPSA) is 38.3 Å². The highest BCUT2D eigenvalue weighted by Crippen LogP contribution is 2.24. The molecule has 134 valence electrons. The van der Waals surface area contributed by atoms with Crippen LogP contribution in [-0.2, 0) is 10.2 Å². The van der Waals surface area contributed by atoms with E-state index in [2.05, 4.69) is 58.1 Å². The zero-order chi connectivity index (χ0) is 18.6. The standard InChI is InChI=1S/C22H29NO2/c1-15-7-8-18(13-16(15)2)17(3)23-21(24)14-25-20-11-9-19(10-12-20)22(4,5)6/h7-13,17H,14H2,1-6H3,(H,23,24)/t17-/m0/s1. The van der Waals surface area contributed by atoms with E-state index < -0.39 is 0 Å². The first-order chi connectivity index (χ1) is 11.7. The van der Waals surface area contributed by atoms with Crippen LogP contribution in [0.25, 0.3) is 0 Å². The van der Waals surface area contributed by atoms with Gasteiger partial charge < -0.3 is 10.1 Å². The van der Waals surface area contributed by atoms with Crippen LogP contribution in [0.2, 0.25) is 0 Å². The van der Waals surface area contributed by atoms with Gasteiger partial charge in [-0.05, 0) is 60.6 Å². The number of nitrogens with one attached hydrogen (secondary N) is 1. The average Bonchev–Trinajstić information content (AvgIpc) is 2.55. The Kier molecular flexibility index (Phi) is 5.89. The Morgan fingerprint density at radius 3 is 2.24 bits per heavy atom. The zero-order valence-electron chi connectivity index (χ0n) is 16.1. The number of hydrogen-bond acceptors (Lipinski definition) is 2. The molecule has 0 aliphatic heterocycles. The maximum atomic E-state index is 12.1. The van der Waals surface area contributed by atoms with E-state index in [1.165, 1.54) is 16.7 Å². The lowest BCUT2D eigenvalue weighted by atomic mass is 9.87. The molecule has 0 aromatic heterocycles. The molecule has 0 fully saturated rings. The summed E-state index contributed by atoms with van der Waals surface area (Å²) in [4.78, 5) is 12.1. The number of carbonyl (C=O) groups is 1. The van der Waals surface area contributed by atoms with Crippen LogP contribution in [0.3, 0.4) is 0 Å². The number of amides is 1. The molecular weight excluding hydrogens is 310 g/mol. The highest BCUT2D eigenvalue weighted by atomic mass is 16.5. The lowest BCUT2D eigenvalue weighted by Crippen LogP contribution is -2.31. The summed E-state index contributed by atoms with van der Waals surface area (Å²) in [7, 11) is 0. The molecule has 0 unspecified atom stereocenters. The van der Waals surface area contributed by atoms with Gasteiger partial charge in [0.25, 0.3) is 5.91 Å². The van der Waals surface area contributed by atoms with E-state index in [9.17, 15) is 4.79 Å². The van der Waals surface area contributed by atoms with Gasteiger partial charge in [0.15, 0.2) is 6.61 Å². The largest absolute Gasteiger partial charge is 0.484 e. The summed E-state index contributed by atoms with van der Waals surface area (Å²) in [6, 6.07) is 14.1. The van der Waals surface area contributed by atoms with Gasteiger partial charge in [-0.25, -0.2) is 0 Å². The molecule has 0 aliphatic rings. The highest BCUT2D eigenvalue weighted by molar-refractivity contribution is 5.78. The summed E-state index contributed by atoms with van der Waals surface area (Å²) in [5.74, 6) is 0.590. The van der Waals surface area contributed by atoms with Gasteiger partial charge in [-0.1, -0.05) is 51.1 Å². The molecule has 0 heterocycles. The second-order valence-corrected chi connectivity index (χ2v) is 7.70. The van der Waals surface area contributed by atoms with Crippen molar-refractivity contribution in [2.75, 3.05) is 6.61 Å². The van der Waals surface area contributed by atoms with E-state index in [-0.39, 0.29) is 24.0 Å². The van der Waals surface area contributed by atoms with Gasteiger partial charge in [0, 0.05) is 0 Å². The van der Waals surface area contributed by atoms with Gasteiger partial charge in [-0.2, -0.15) is 0 Å². The van der Waals surface area contributed by atoms with Gasteiger partial charge in [0.2, 0.25) is 0 Å². The minimum Gasteiger partial charge on any atom is -0.484 e. The lowest BCUT2D eigenvalue weighted by Gasteiger charge is -2.19. The van der Waals surface area contributed by atoms with Crippen molar-refractivity contribution in [3.05, 3.63) is 64.7 Å². The van der Waals surface area contributed by atoms with Gasteiger partial charge in [0.05, 0.1) is 6.04 Å². The third-order valence-corrected chi connectivity index (χ3v) is 4.50. The van der Waals surface area contributed by atoms with Crippen molar-refractivity contribution >= 4 is 5.91 Å². The van der Waals surface area contributed by atoms with Gasteiger partial charge >= 0.3 is 0 Å². The first-order valence-corrected chi connectivity index (χ1v) is 8.76. The number of benzene rings is 2. The zero-order valence-corrected chi connectivity index (χ0v) is 16.1. The molecular formula is C22H29NO2. The van der Waals surface area contributed by atoms with Gasteiger partial charge in [-0.3, -0.25) is 4.79 Å². The van der Waals surface area contributed by atoms with Crippen LogP contribution >= 0.6 is 0 Å². The van der Waals surface area contributed by atoms with E-state index >= 15 is 0 Å². The summed E-state index contributed by atoms with van der Waals surface area (Å²) < 4.78 is 5.60. The predicted octanol–water partition coefficient (Wildman–Crippen LogP) is 4.86. The smallest absolute Gasteiger partial charge is 0.258 e.